The molecule has 6 atom stereocenters. The highest BCUT2D eigenvalue weighted by atomic mass is 16.6. The Hall–Kier alpha value is -2.10. The van der Waals surface area contributed by atoms with Gasteiger partial charge in [-0.25, -0.2) is 0 Å². The predicted molar refractivity (Wildman–Crippen MR) is 121 cm³/mol. The first-order chi connectivity index (χ1) is 15.1. The Balaban J connectivity index is 1.55. The van der Waals surface area contributed by atoms with Gasteiger partial charge in [-0.3, -0.25) is 9.59 Å². The molecule has 4 aliphatic carbocycles. The van der Waals surface area contributed by atoms with Gasteiger partial charge in [-0.2, -0.15) is 0 Å². The van der Waals surface area contributed by atoms with E-state index < -0.39 is 0 Å². The second kappa shape index (κ2) is 6.27. The maximum atomic E-state index is 12.4. The maximum absolute atomic E-state index is 12.4. The molecule has 1 saturated heterocycles. The van der Waals surface area contributed by atoms with Crippen LogP contribution in [0.2, 0.25) is 0 Å². The molecule has 4 heteroatoms. The number of ether oxygens (including phenoxy) is 1. The Morgan fingerprint density at radius 3 is 2.53 bits per heavy atom. The molecule has 1 spiro atoms. The molecular weight excluding hydrogens is 400 g/mol. The van der Waals surface area contributed by atoms with Crippen molar-refractivity contribution in [1.82, 2.24) is 0 Å². The third-order valence-corrected chi connectivity index (χ3v) is 10.3. The lowest BCUT2D eigenvalue weighted by Gasteiger charge is -2.60. The van der Waals surface area contributed by atoms with E-state index in [1.807, 2.05) is 13.0 Å². The van der Waals surface area contributed by atoms with E-state index in [1.165, 1.54) is 11.1 Å². The minimum atomic E-state index is -0.323. The summed E-state index contributed by atoms with van der Waals surface area (Å²) in [6.07, 6.45) is 11.2. The molecular formula is C28H34O4. The van der Waals surface area contributed by atoms with Gasteiger partial charge in [0.05, 0.1) is 0 Å². The summed E-state index contributed by atoms with van der Waals surface area (Å²) in [5, 5.41) is 0. The number of aryl methyl sites for hydroxylation is 1. The van der Waals surface area contributed by atoms with Crippen LogP contribution in [0.25, 0.3) is 0 Å². The average Bonchev–Trinajstić information content (AvgIpc) is 3.42. The Morgan fingerprint density at radius 2 is 1.84 bits per heavy atom. The molecule has 1 aromatic heterocycles. The number of furan rings is 1. The number of carbonyl (C=O) groups is 2. The van der Waals surface area contributed by atoms with Crippen molar-refractivity contribution in [2.24, 2.45) is 22.7 Å². The maximum Gasteiger partial charge on any atom is 0.306 e. The van der Waals surface area contributed by atoms with Crippen LogP contribution in [0.4, 0.5) is 0 Å². The highest BCUT2D eigenvalue weighted by Crippen LogP contribution is 2.71. The summed E-state index contributed by atoms with van der Waals surface area (Å²) in [7, 11) is 0. The van der Waals surface area contributed by atoms with Crippen molar-refractivity contribution < 1.29 is 18.7 Å². The van der Waals surface area contributed by atoms with Crippen LogP contribution in [-0.2, 0) is 19.7 Å². The number of esters is 1. The third-order valence-electron chi connectivity index (χ3n) is 10.3. The molecule has 0 unspecified atom stereocenters. The van der Waals surface area contributed by atoms with Gasteiger partial charge in [-0.05, 0) is 75.5 Å². The minimum absolute atomic E-state index is 0.0299. The Morgan fingerprint density at radius 1 is 1.03 bits per heavy atom. The molecule has 5 aliphatic rings. The van der Waals surface area contributed by atoms with Crippen molar-refractivity contribution in [3.63, 3.8) is 0 Å². The van der Waals surface area contributed by atoms with Gasteiger partial charge in [-0.1, -0.05) is 38.0 Å². The summed E-state index contributed by atoms with van der Waals surface area (Å²) in [5.74, 6) is 2.94. The molecule has 170 valence electrons. The van der Waals surface area contributed by atoms with E-state index in [1.54, 1.807) is 0 Å². The molecule has 3 fully saturated rings. The second-order valence-electron chi connectivity index (χ2n) is 11.8. The summed E-state index contributed by atoms with van der Waals surface area (Å²) in [6, 6.07) is 4.21. The van der Waals surface area contributed by atoms with Gasteiger partial charge in [-0.15, -0.1) is 0 Å². The van der Waals surface area contributed by atoms with Gasteiger partial charge in [0.1, 0.15) is 17.1 Å². The molecule has 0 amide bonds. The van der Waals surface area contributed by atoms with Crippen molar-refractivity contribution >= 4 is 11.8 Å². The van der Waals surface area contributed by atoms with E-state index in [0.717, 1.165) is 50.0 Å². The van der Waals surface area contributed by atoms with E-state index in [0.29, 0.717) is 24.7 Å². The third kappa shape index (κ3) is 2.39. The smallest absolute Gasteiger partial charge is 0.306 e. The Bertz CT molecular complexity index is 1090. The van der Waals surface area contributed by atoms with Crippen LogP contribution in [0.5, 0.6) is 0 Å². The van der Waals surface area contributed by atoms with Crippen molar-refractivity contribution in [3.8, 4) is 0 Å². The van der Waals surface area contributed by atoms with Crippen molar-refractivity contribution in [2.45, 2.75) is 90.1 Å². The van der Waals surface area contributed by atoms with Gasteiger partial charge in [0.25, 0.3) is 0 Å². The largest absolute Gasteiger partial charge is 0.466 e. The van der Waals surface area contributed by atoms with E-state index in [9.17, 15) is 9.59 Å². The van der Waals surface area contributed by atoms with Crippen molar-refractivity contribution in [2.75, 3.05) is 0 Å². The fraction of sp³-hybridized carbons (Fsp3) is 0.643. The summed E-state index contributed by atoms with van der Waals surface area (Å²) in [4.78, 5) is 24.7. The molecule has 2 saturated carbocycles. The van der Waals surface area contributed by atoms with E-state index in [4.69, 9.17) is 9.15 Å². The first-order valence-electron chi connectivity index (χ1n) is 12.3. The molecule has 0 bridgehead atoms. The van der Waals surface area contributed by atoms with E-state index in [-0.39, 0.29) is 33.6 Å². The molecule has 1 aromatic rings. The molecule has 0 radical (unpaired) electrons. The fourth-order valence-electron chi connectivity index (χ4n) is 8.45. The topological polar surface area (TPSA) is 56.5 Å². The number of hydrogen-bond donors (Lipinski definition) is 0. The van der Waals surface area contributed by atoms with Crippen molar-refractivity contribution in [1.29, 1.82) is 0 Å². The summed E-state index contributed by atoms with van der Waals surface area (Å²) >= 11 is 0. The van der Waals surface area contributed by atoms with Crippen molar-refractivity contribution in [3.05, 3.63) is 47.0 Å². The lowest BCUT2D eigenvalue weighted by molar-refractivity contribution is -0.161. The standard InChI is InChI=1S/C28H34O4/c1-17-5-6-22(31-17)26(3)16-18-15-19(29)7-11-25(18,2)20-8-12-27(4)21(24(20)26)9-13-28(27)14-10-23(30)32-28/h5-6,8,15,21,24H,7,9-14,16H2,1-4H3/t21-,24+,25-,26-,27-,28+/m0/s1. The lowest BCUT2D eigenvalue weighted by Crippen LogP contribution is -2.56. The summed E-state index contributed by atoms with van der Waals surface area (Å²) < 4.78 is 12.4. The van der Waals surface area contributed by atoms with Gasteiger partial charge in [0, 0.05) is 29.1 Å². The van der Waals surface area contributed by atoms with Crippen LogP contribution < -0.4 is 0 Å². The van der Waals surface area contributed by atoms with Gasteiger partial charge >= 0.3 is 5.97 Å². The van der Waals surface area contributed by atoms with Crippen LogP contribution in [0.1, 0.15) is 83.7 Å². The zero-order valence-electron chi connectivity index (χ0n) is 19.8. The number of allylic oxidation sites excluding steroid dienone is 4. The number of hydrogen-bond acceptors (Lipinski definition) is 4. The highest BCUT2D eigenvalue weighted by Gasteiger charge is 2.68. The zero-order chi connectivity index (χ0) is 22.5. The molecule has 4 nitrogen and oxygen atoms in total. The first-order valence-corrected chi connectivity index (χ1v) is 12.3. The van der Waals surface area contributed by atoms with Gasteiger partial charge < -0.3 is 9.15 Å². The minimum Gasteiger partial charge on any atom is -0.466 e. The predicted octanol–water partition coefficient (Wildman–Crippen LogP) is 5.98. The fourth-order valence-corrected chi connectivity index (χ4v) is 8.45. The van der Waals surface area contributed by atoms with Crippen LogP contribution in [0.15, 0.2) is 39.8 Å². The SMILES string of the molecule is Cc1ccc([C@]2(C)CC3=CC(=O)CC[C@]3(C)C3=CC[C@@]4(C)[C@@H](CC[C@@]45CCC(=O)O5)[C@@H]32)o1. The average molecular weight is 435 g/mol. The van der Waals surface area contributed by atoms with Crippen LogP contribution >= 0.6 is 0 Å². The van der Waals surface area contributed by atoms with Crippen LogP contribution in [0.3, 0.4) is 0 Å². The molecule has 2 heterocycles. The van der Waals surface area contributed by atoms with Gasteiger partial charge in [0.15, 0.2) is 5.78 Å². The van der Waals surface area contributed by atoms with Crippen LogP contribution in [-0.4, -0.2) is 17.4 Å². The zero-order valence-corrected chi connectivity index (χ0v) is 19.8. The quantitative estimate of drug-likeness (QED) is 0.403. The van der Waals surface area contributed by atoms with Crippen LogP contribution in [0, 0.1) is 29.6 Å². The lowest BCUT2D eigenvalue weighted by atomic mass is 9.44. The van der Waals surface area contributed by atoms with Gasteiger partial charge in [0.2, 0.25) is 0 Å². The monoisotopic (exact) mass is 434 g/mol. The number of carbonyl (C=O) groups excluding carboxylic acids is 2. The summed E-state index contributed by atoms with van der Waals surface area (Å²) in [6.45, 7) is 9.09. The molecule has 0 N–H and O–H groups in total. The molecule has 6 rings (SSSR count). The highest BCUT2D eigenvalue weighted by molar-refractivity contribution is 5.92. The summed E-state index contributed by atoms with van der Waals surface area (Å²) in [5.41, 5.74) is 2.13. The number of ketones is 1. The number of rotatable bonds is 1. The van der Waals surface area contributed by atoms with E-state index >= 15 is 0 Å². The Labute approximate surface area is 190 Å². The molecule has 32 heavy (non-hydrogen) atoms. The normalized spacial score (nSPS) is 45.1. The second-order valence-corrected chi connectivity index (χ2v) is 11.8. The molecule has 1 aliphatic heterocycles. The Kier molecular flexibility index (Phi) is 4.02. The van der Waals surface area contributed by atoms with E-state index in [2.05, 4.69) is 39.0 Å². The number of fused-ring (bicyclic) bond motifs is 6. The first kappa shape index (κ1) is 20.5. The molecule has 0 aromatic carbocycles.